The molecule has 0 unspecified atom stereocenters. The van der Waals surface area contributed by atoms with Gasteiger partial charge in [0, 0.05) is 43.4 Å². The van der Waals surface area contributed by atoms with Crippen LogP contribution in [0, 0.1) is 5.92 Å². The Balaban J connectivity index is 1.69. The number of carbonyl (C=O) groups is 17. The molecule has 13 atom stereocenters. The van der Waals surface area contributed by atoms with Crippen LogP contribution in [0.4, 0.5) is 0 Å². The van der Waals surface area contributed by atoms with E-state index in [9.17, 15) is 117 Å². The number of para-hydroxylation sites is 1. The largest absolute Gasteiger partial charge is 0.481 e. The molecule has 42 nitrogen and oxygen atoms in total. The number of unbranched alkanes of at least 4 members (excludes halogenated alkanes) is 1. The smallest absolute Gasteiger partial charge is 0.303 e. The second kappa shape index (κ2) is 44.1. The number of carboxylic acid groups (broad SMARTS) is 1. The molecule has 578 valence electrons. The van der Waals surface area contributed by atoms with Gasteiger partial charge in [0.2, 0.25) is 94.5 Å². The second-order valence-corrected chi connectivity index (χ2v) is 24.6. The summed E-state index contributed by atoms with van der Waals surface area (Å²) in [5.74, 6) is -18.8. The molecule has 27 N–H and O–H groups in total. The van der Waals surface area contributed by atoms with E-state index < -0.39 is 238 Å². The van der Waals surface area contributed by atoms with Crippen LogP contribution in [-0.2, 0) is 87.9 Å². The number of hydrogen-bond donors (Lipinski definition) is 24. The predicted molar refractivity (Wildman–Crippen MR) is 359 cm³/mol. The molecule has 1 fully saturated rings. The Hall–Kier alpha value is -10.5. The Labute approximate surface area is 594 Å². The van der Waals surface area contributed by atoms with Gasteiger partial charge < -0.3 is 132 Å². The summed E-state index contributed by atoms with van der Waals surface area (Å²) >= 11 is 0. The van der Waals surface area contributed by atoms with E-state index in [2.05, 4.69) is 47.5 Å². The molecule has 1 aromatic carbocycles. The number of nitrogens with zero attached hydrogens (tertiary/aromatic N) is 1. The van der Waals surface area contributed by atoms with Gasteiger partial charge in [-0.3, -0.25) is 81.5 Å². The Bertz CT molecular complexity index is 3370. The van der Waals surface area contributed by atoms with E-state index in [1.807, 2.05) is 26.6 Å². The highest BCUT2D eigenvalue weighted by Crippen LogP contribution is 2.21. The maximum absolute atomic E-state index is 14.4. The lowest BCUT2D eigenvalue weighted by atomic mass is 9.99. The molecule has 1 saturated heterocycles. The van der Waals surface area contributed by atoms with Gasteiger partial charge in [-0.25, -0.2) is 0 Å². The van der Waals surface area contributed by atoms with Gasteiger partial charge in [-0.2, -0.15) is 0 Å². The third-order valence-corrected chi connectivity index (χ3v) is 16.0. The standard InChI is InChI=1S/C62H96N18O24/c1-29(2)18-37(71-56(98)38(19-32-21-66-34-11-6-5-10-33(32)34)72-53(95)36(69-31(4)87)14-15-49(90)91)55(97)70-35(12-7-8-16-63)52(94)73-39(20-47(64)88)54(96)68-30(3)51(93)67-22-48(89)80-17-9-13-46(80)62(104)79-45(28-86)61(103)78-44(27-85)60(102)77-43(26-84)59(101)76-42(25-83)58(100)75-41(24-82)57(99)74-40(23-81)50(65)92/h5-6,10-11,21,29-30,35-46,66,81-86H,7-9,12-20,22-28,63H2,1-4H3,(H2,64,88)(H2,65,92)(H,67,93)(H,68,96)(H,69,87)(H,70,97)(H,71,98)(H,72,95)(H,73,94)(H,74,99)(H,75,100)(H,76,101)(H,77,102)(H,78,103)(H,79,104)(H,90,91)/t30-,35+,36+,37+,38+,39+,40+,41+,42+,43+,44+,45+,46+/m1/s1. The second-order valence-electron chi connectivity index (χ2n) is 24.6. The van der Waals surface area contributed by atoms with Crippen LogP contribution in [0.1, 0.15) is 91.0 Å². The highest BCUT2D eigenvalue weighted by atomic mass is 16.4. The van der Waals surface area contributed by atoms with Gasteiger partial charge >= 0.3 is 5.97 Å². The van der Waals surface area contributed by atoms with Crippen molar-refractivity contribution in [3.63, 3.8) is 0 Å². The monoisotopic (exact) mass is 1480 g/mol. The van der Waals surface area contributed by atoms with Crippen molar-refractivity contribution in [2.45, 2.75) is 170 Å². The zero-order chi connectivity index (χ0) is 78.1. The molecule has 1 aromatic heterocycles. The normalized spacial score (nSPS) is 16.0. The topological polar surface area (TPSA) is 685 Å². The van der Waals surface area contributed by atoms with Crippen LogP contribution in [0.3, 0.4) is 0 Å². The highest BCUT2D eigenvalue weighted by molar-refractivity contribution is 6.01. The lowest BCUT2D eigenvalue weighted by Crippen LogP contribution is -2.62. The molecule has 1 aliphatic rings. The van der Waals surface area contributed by atoms with E-state index >= 15 is 0 Å². The SMILES string of the molecule is CC(=O)N[C@@H](CCC(=O)O)C(=O)N[C@@H](Cc1c[nH]c2ccccc12)C(=O)N[C@@H](CC(C)C)C(=O)N[C@@H](CCCCN)C(=O)N[C@@H](CC(N)=O)C(=O)N[C@H](C)C(=O)NCC(=O)N1CCC[C@H]1C(=O)N[C@@H](CO)C(=O)N[C@@H](CO)C(=O)N[C@@H](CO)C(=O)N[C@@H](CO)C(=O)N[C@@H](CO)C(=O)N[C@@H](CO)C(N)=O. The number of aliphatic hydroxyl groups excluding tert-OH is 6. The van der Waals surface area contributed by atoms with Crippen molar-refractivity contribution < 1.29 is 117 Å². The fourth-order valence-corrected chi connectivity index (χ4v) is 10.4. The van der Waals surface area contributed by atoms with E-state index in [-0.39, 0.29) is 64.0 Å². The maximum Gasteiger partial charge on any atom is 0.303 e. The van der Waals surface area contributed by atoms with E-state index in [1.165, 1.54) is 6.92 Å². The lowest BCUT2D eigenvalue weighted by molar-refractivity contribution is -0.140. The van der Waals surface area contributed by atoms with E-state index in [4.69, 9.17) is 17.2 Å². The number of carbonyl (C=O) groups excluding carboxylic acids is 16. The molecule has 2 heterocycles. The Morgan fingerprint density at radius 3 is 1.43 bits per heavy atom. The Morgan fingerprint density at radius 1 is 0.519 bits per heavy atom. The van der Waals surface area contributed by atoms with Gasteiger partial charge in [-0.15, -0.1) is 0 Å². The van der Waals surface area contributed by atoms with Crippen LogP contribution in [0.2, 0.25) is 0 Å². The number of amides is 16. The quantitative estimate of drug-likeness (QED) is 0.0274. The zero-order valence-corrected chi connectivity index (χ0v) is 57.7. The van der Waals surface area contributed by atoms with Crippen LogP contribution in [-0.4, -0.2) is 284 Å². The molecule has 3 rings (SSSR count). The fourth-order valence-electron chi connectivity index (χ4n) is 10.4. The number of fused-ring (bicyclic) bond motifs is 1. The fraction of sp³-hybridized carbons (Fsp3) is 0.597. The summed E-state index contributed by atoms with van der Waals surface area (Å²) in [5.41, 5.74) is 17.5. The molecule has 16 amide bonds. The number of nitrogens with one attached hydrogen (secondary N) is 14. The summed E-state index contributed by atoms with van der Waals surface area (Å²) < 4.78 is 0. The number of H-pyrrole nitrogens is 1. The molecule has 1 aliphatic heterocycles. The summed E-state index contributed by atoms with van der Waals surface area (Å²) in [7, 11) is 0. The summed E-state index contributed by atoms with van der Waals surface area (Å²) in [5, 5.41) is 98.2. The summed E-state index contributed by atoms with van der Waals surface area (Å²) in [6.07, 6.45) is 0.327. The molecule has 0 aliphatic carbocycles. The number of benzene rings is 1. The number of hydrogen-bond acceptors (Lipinski definition) is 24. The predicted octanol–water partition coefficient (Wildman–Crippen LogP) is -12.0. The molecule has 0 spiro atoms. The first-order valence-corrected chi connectivity index (χ1v) is 33.1. The minimum absolute atomic E-state index is 0.0144. The molecular weight excluding hydrogens is 1380 g/mol. The highest BCUT2D eigenvalue weighted by Gasteiger charge is 2.39. The molecule has 0 bridgehead atoms. The van der Waals surface area contributed by atoms with E-state index in [0.717, 1.165) is 11.8 Å². The van der Waals surface area contributed by atoms with Crippen molar-refractivity contribution >= 4 is 111 Å². The number of aliphatic carboxylic acids is 1. The van der Waals surface area contributed by atoms with Crippen LogP contribution in [0.5, 0.6) is 0 Å². The number of rotatable bonds is 46. The average molecular weight is 1480 g/mol. The summed E-state index contributed by atoms with van der Waals surface area (Å²) in [4.78, 5) is 227. The Kier molecular flexibility index (Phi) is 37.2. The van der Waals surface area contributed by atoms with Gasteiger partial charge in [-0.1, -0.05) is 32.0 Å². The number of aromatic nitrogens is 1. The van der Waals surface area contributed by atoms with Crippen LogP contribution in [0.25, 0.3) is 10.9 Å². The van der Waals surface area contributed by atoms with Crippen molar-refractivity contribution in [2.75, 3.05) is 59.3 Å². The third kappa shape index (κ3) is 28.4. The number of aliphatic hydroxyl groups is 6. The third-order valence-electron chi connectivity index (χ3n) is 16.0. The number of primary amides is 2. The van der Waals surface area contributed by atoms with Gasteiger partial charge in [0.25, 0.3) is 0 Å². The van der Waals surface area contributed by atoms with E-state index in [0.29, 0.717) is 22.9 Å². The van der Waals surface area contributed by atoms with Gasteiger partial charge in [0.05, 0.1) is 52.6 Å². The van der Waals surface area contributed by atoms with Gasteiger partial charge in [0.15, 0.2) is 0 Å². The number of carboxylic acids is 1. The van der Waals surface area contributed by atoms with Crippen LogP contribution in [0.15, 0.2) is 30.5 Å². The van der Waals surface area contributed by atoms with Crippen molar-refractivity contribution in [3.8, 4) is 0 Å². The van der Waals surface area contributed by atoms with Crippen LogP contribution < -0.4 is 86.3 Å². The number of likely N-dealkylation sites (tertiary alicyclic amines) is 1. The summed E-state index contributed by atoms with van der Waals surface area (Å²) in [6, 6.07) is -14.5. The van der Waals surface area contributed by atoms with Crippen molar-refractivity contribution in [1.82, 2.24) is 79.0 Å². The molecule has 0 radical (unpaired) electrons. The summed E-state index contributed by atoms with van der Waals surface area (Å²) in [6.45, 7) is -1.74. The first-order chi connectivity index (χ1) is 49.2. The number of nitrogens with two attached hydrogens (primary N) is 3. The average Bonchev–Trinajstić information content (AvgIpc) is 1.64. The molecule has 104 heavy (non-hydrogen) atoms. The van der Waals surface area contributed by atoms with Crippen molar-refractivity contribution in [3.05, 3.63) is 36.0 Å². The molecule has 2 aromatic rings. The van der Waals surface area contributed by atoms with Crippen molar-refractivity contribution in [2.24, 2.45) is 23.1 Å². The van der Waals surface area contributed by atoms with Gasteiger partial charge in [-0.05, 0) is 76.0 Å². The maximum atomic E-state index is 14.4. The van der Waals surface area contributed by atoms with Crippen LogP contribution >= 0.6 is 0 Å². The Morgan fingerprint density at radius 2 is 0.952 bits per heavy atom. The minimum Gasteiger partial charge on any atom is -0.481 e. The molecular formula is C62H96N18O24. The lowest BCUT2D eigenvalue weighted by Gasteiger charge is -2.28. The first-order valence-electron chi connectivity index (χ1n) is 33.1. The van der Waals surface area contributed by atoms with Crippen molar-refractivity contribution in [1.29, 1.82) is 0 Å². The first kappa shape index (κ1) is 87.7. The molecule has 42 heteroatoms. The number of aromatic amines is 1. The minimum atomic E-state index is -1.97. The van der Waals surface area contributed by atoms with Gasteiger partial charge in [0.1, 0.15) is 78.5 Å². The molecule has 0 saturated carbocycles. The zero-order valence-electron chi connectivity index (χ0n) is 57.7. The van der Waals surface area contributed by atoms with E-state index in [1.54, 1.807) is 44.3 Å².